The number of aliphatic hydroxyl groups is 4. The molecule has 5 atom stereocenters. The van der Waals surface area contributed by atoms with Crippen molar-refractivity contribution in [1.29, 1.82) is 0 Å². The summed E-state index contributed by atoms with van der Waals surface area (Å²) in [5.41, 5.74) is 7.01. The number of hydrogen-bond donors (Lipinski definition) is 5. The van der Waals surface area contributed by atoms with Crippen LogP contribution >= 0.6 is 0 Å². The predicted molar refractivity (Wildman–Crippen MR) is 69.4 cm³/mol. The zero-order chi connectivity index (χ0) is 14.7. The molecule has 1 saturated heterocycles. The highest BCUT2D eigenvalue weighted by Gasteiger charge is 2.43. The Balaban J connectivity index is 1.95. The summed E-state index contributed by atoms with van der Waals surface area (Å²) in [7, 11) is 0. The van der Waals surface area contributed by atoms with Gasteiger partial charge in [-0.1, -0.05) is 12.1 Å². The summed E-state index contributed by atoms with van der Waals surface area (Å²) in [5, 5.41) is 38.1. The molecular formula is C13H19NO6. The van der Waals surface area contributed by atoms with E-state index in [0.29, 0.717) is 5.69 Å². The summed E-state index contributed by atoms with van der Waals surface area (Å²) in [6, 6.07) is 6.96. The molecule has 0 radical (unpaired) electrons. The third kappa shape index (κ3) is 3.26. The fourth-order valence-electron chi connectivity index (χ4n) is 2.00. The van der Waals surface area contributed by atoms with E-state index in [-0.39, 0.29) is 6.61 Å². The molecule has 0 amide bonds. The van der Waals surface area contributed by atoms with Gasteiger partial charge in [-0.3, -0.25) is 0 Å². The summed E-state index contributed by atoms with van der Waals surface area (Å²) in [6.45, 7) is -0.338. The molecule has 7 nitrogen and oxygen atoms in total. The normalized spacial score (nSPS) is 34.1. The number of hydrogen-bond acceptors (Lipinski definition) is 7. The van der Waals surface area contributed by atoms with Gasteiger partial charge < -0.3 is 35.6 Å². The first-order valence-corrected chi connectivity index (χ1v) is 6.29. The van der Waals surface area contributed by atoms with Crippen molar-refractivity contribution in [3.05, 3.63) is 29.8 Å². The highest BCUT2D eigenvalue weighted by Crippen LogP contribution is 2.22. The SMILES string of the molecule is Nc1ccc(CO[C@H]2O[C@H](CO)[C@@H](O)[C@H](O)[C@@H]2O)cc1. The Morgan fingerprint density at radius 3 is 2.30 bits per heavy atom. The number of anilines is 1. The van der Waals surface area contributed by atoms with Crippen LogP contribution in [0.2, 0.25) is 0 Å². The minimum Gasteiger partial charge on any atom is -0.399 e. The maximum absolute atomic E-state index is 9.78. The van der Waals surface area contributed by atoms with E-state index in [1.165, 1.54) is 0 Å². The second-order valence-corrected chi connectivity index (χ2v) is 4.75. The van der Waals surface area contributed by atoms with Crippen LogP contribution in [0.15, 0.2) is 24.3 Å². The van der Waals surface area contributed by atoms with E-state index in [4.69, 9.17) is 20.3 Å². The van der Waals surface area contributed by atoms with E-state index in [2.05, 4.69) is 0 Å². The van der Waals surface area contributed by atoms with Crippen molar-refractivity contribution in [2.24, 2.45) is 0 Å². The van der Waals surface area contributed by atoms with Crippen LogP contribution in [0, 0.1) is 0 Å². The average molecular weight is 285 g/mol. The van der Waals surface area contributed by atoms with Crippen LogP contribution in [0.5, 0.6) is 0 Å². The van der Waals surface area contributed by atoms with Crippen LogP contribution < -0.4 is 5.73 Å². The predicted octanol–water partition coefficient (Wildman–Crippen LogP) is -1.41. The molecule has 0 unspecified atom stereocenters. The van der Waals surface area contributed by atoms with Gasteiger partial charge in [-0.05, 0) is 17.7 Å². The summed E-state index contributed by atoms with van der Waals surface area (Å²) < 4.78 is 10.6. The van der Waals surface area contributed by atoms with E-state index in [1.54, 1.807) is 24.3 Å². The number of aliphatic hydroxyl groups excluding tert-OH is 4. The average Bonchev–Trinajstić information content (AvgIpc) is 2.46. The Bertz CT molecular complexity index is 423. The number of ether oxygens (including phenoxy) is 2. The number of nitrogen functional groups attached to an aromatic ring is 1. The lowest BCUT2D eigenvalue weighted by molar-refractivity contribution is -0.304. The molecule has 7 heteroatoms. The monoisotopic (exact) mass is 285 g/mol. The first kappa shape index (κ1) is 15.2. The van der Waals surface area contributed by atoms with Crippen LogP contribution in [-0.2, 0) is 16.1 Å². The van der Waals surface area contributed by atoms with E-state index in [1.807, 2.05) is 0 Å². The standard InChI is InChI=1S/C13H19NO6/c14-8-3-1-7(2-4-8)6-19-13-12(18)11(17)10(16)9(5-15)20-13/h1-4,9-13,15-18H,5-6,14H2/t9-,10-,11+,12+,13+/m1/s1. The maximum atomic E-state index is 9.78. The molecule has 20 heavy (non-hydrogen) atoms. The molecule has 1 aromatic carbocycles. The van der Waals surface area contributed by atoms with Crippen molar-refractivity contribution in [2.75, 3.05) is 12.3 Å². The first-order valence-electron chi connectivity index (χ1n) is 6.29. The molecule has 0 aliphatic carbocycles. The molecule has 2 rings (SSSR count). The minimum absolute atomic E-state index is 0.142. The van der Waals surface area contributed by atoms with Crippen molar-refractivity contribution in [2.45, 2.75) is 37.3 Å². The second kappa shape index (κ2) is 6.49. The van der Waals surface area contributed by atoms with E-state index in [9.17, 15) is 15.3 Å². The largest absolute Gasteiger partial charge is 0.399 e. The van der Waals surface area contributed by atoms with Crippen LogP contribution in [0.1, 0.15) is 5.56 Å². The second-order valence-electron chi connectivity index (χ2n) is 4.75. The van der Waals surface area contributed by atoms with Crippen molar-refractivity contribution < 1.29 is 29.9 Å². The Labute approximate surface area is 116 Å². The van der Waals surface area contributed by atoms with Crippen molar-refractivity contribution in [3.63, 3.8) is 0 Å². The lowest BCUT2D eigenvalue weighted by Crippen LogP contribution is -2.59. The lowest BCUT2D eigenvalue weighted by atomic mass is 9.99. The third-order valence-corrected chi connectivity index (χ3v) is 3.24. The quantitative estimate of drug-likeness (QED) is 0.430. The molecule has 0 spiro atoms. The van der Waals surface area contributed by atoms with Gasteiger partial charge in [0, 0.05) is 5.69 Å². The topological polar surface area (TPSA) is 125 Å². The smallest absolute Gasteiger partial charge is 0.187 e. The van der Waals surface area contributed by atoms with Gasteiger partial charge in [0.25, 0.3) is 0 Å². The lowest BCUT2D eigenvalue weighted by Gasteiger charge is -2.39. The van der Waals surface area contributed by atoms with Gasteiger partial charge in [-0.25, -0.2) is 0 Å². The van der Waals surface area contributed by atoms with Crippen molar-refractivity contribution in [1.82, 2.24) is 0 Å². The van der Waals surface area contributed by atoms with Crippen molar-refractivity contribution >= 4 is 5.69 Å². The first-order chi connectivity index (χ1) is 9.52. The molecule has 1 aliphatic rings. The molecule has 1 heterocycles. The summed E-state index contributed by atoms with van der Waals surface area (Å²) >= 11 is 0. The van der Waals surface area contributed by atoms with Gasteiger partial charge in [-0.2, -0.15) is 0 Å². The molecule has 1 fully saturated rings. The highest BCUT2D eigenvalue weighted by atomic mass is 16.7. The van der Waals surface area contributed by atoms with E-state index < -0.39 is 37.3 Å². The van der Waals surface area contributed by atoms with Gasteiger partial charge in [0.15, 0.2) is 6.29 Å². The van der Waals surface area contributed by atoms with Crippen LogP contribution in [0.25, 0.3) is 0 Å². The van der Waals surface area contributed by atoms with Gasteiger partial charge in [0.05, 0.1) is 13.2 Å². The molecule has 6 N–H and O–H groups in total. The Morgan fingerprint density at radius 2 is 1.70 bits per heavy atom. The molecule has 1 aromatic rings. The van der Waals surface area contributed by atoms with E-state index in [0.717, 1.165) is 5.56 Å². The van der Waals surface area contributed by atoms with Gasteiger partial charge in [0.2, 0.25) is 0 Å². The van der Waals surface area contributed by atoms with Crippen LogP contribution in [0.3, 0.4) is 0 Å². The van der Waals surface area contributed by atoms with Gasteiger partial charge >= 0.3 is 0 Å². The number of rotatable bonds is 4. The van der Waals surface area contributed by atoms with E-state index >= 15 is 0 Å². The Hall–Kier alpha value is -1.22. The highest BCUT2D eigenvalue weighted by molar-refractivity contribution is 5.39. The summed E-state index contributed by atoms with van der Waals surface area (Å²) in [5.74, 6) is 0. The Kier molecular flexibility index (Phi) is 4.92. The molecule has 0 aromatic heterocycles. The van der Waals surface area contributed by atoms with Crippen LogP contribution in [-0.4, -0.2) is 57.7 Å². The fraction of sp³-hybridized carbons (Fsp3) is 0.538. The Morgan fingerprint density at radius 1 is 1.05 bits per heavy atom. The van der Waals surface area contributed by atoms with Crippen LogP contribution in [0.4, 0.5) is 5.69 Å². The summed E-state index contributed by atoms with van der Waals surface area (Å²) in [6.07, 6.45) is -6.29. The fourth-order valence-corrected chi connectivity index (χ4v) is 2.00. The molecule has 112 valence electrons. The maximum Gasteiger partial charge on any atom is 0.187 e. The molecule has 0 bridgehead atoms. The molecule has 0 saturated carbocycles. The third-order valence-electron chi connectivity index (χ3n) is 3.24. The number of nitrogens with two attached hydrogens (primary N) is 1. The zero-order valence-electron chi connectivity index (χ0n) is 10.8. The van der Waals surface area contributed by atoms with Crippen molar-refractivity contribution in [3.8, 4) is 0 Å². The molecule has 1 aliphatic heterocycles. The minimum atomic E-state index is -1.43. The molecular weight excluding hydrogens is 266 g/mol. The van der Waals surface area contributed by atoms with Gasteiger partial charge in [0.1, 0.15) is 24.4 Å². The summed E-state index contributed by atoms with van der Waals surface area (Å²) in [4.78, 5) is 0. The van der Waals surface area contributed by atoms with Gasteiger partial charge in [-0.15, -0.1) is 0 Å². The number of benzene rings is 1. The zero-order valence-corrected chi connectivity index (χ0v) is 10.8.